The zero-order valence-electron chi connectivity index (χ0n) is 13.6. The summed E-state index contributed by atoms with van der Waals surface area (Å²) in [6.07, 6.45) is 17.8. The average molecular weight is 271 g/mol. The summed E-state index contributed by atoms with van der Waals surface area (Å²) in [6, 6.07) is 0. The van der Waals surface area contributed by atoms with Crippen LogP contribution in [-0.2, 0) is 0 Å². The van der Waals surface area contributed by atoms with Crippen molar-refractivity contribution < 1.29 is 0 Å². The molecule has 3 N–H and O–H groups in total. The quantitative estimate of drug-likeness (QED) is 0.325. The van der Waals surface area contributed by atoms with Gasteiger partial charge >= 0.3 is 0 Å². The molecule has 0 amide bonds. The van der Waals surface area contributed by atoms with Gasteiger partial charge in [-0.1, -0.05) is 84.5 Å². The summed E-state index contributed by atoms with van der Waals surface area (Å²) in [4.78, 5) is 0. The second-order valence-electron chi connectivity index (χ2n) is 5.88. The molecule has 0 radical (unpaired) electrons. The molecule has 0 heterocycles. The molecule has 0 aliphatic carbocycles. The van der Waals surface area contributed by atoms with Gasteiger partial charge in [0.1, 0.15) is 0 Å². The average Bonchev–Trinajstić information content (AvgIpc) is 2.42. The van der Waals surface area contributed by atoms with Crippen LogP contribution in [0.25, 0.3) is 0 Å². The molecule has 0 aromatic heterocycles. The molecule has 116 valence electrons. The van der Waals surface area contributed by atoms with Gasteiger partial charge in [-0.3, -0.25) is 0 Å². The van der Waals surface area contributed by atoms with Crippen molar-refractivity contribution in [2.45, 2.75) is 103 Å². The van der Waals surface area contributed by atoms with Gasteiger partial charge in [0, 0.05) is 0 Å². The van der Waals surface area contributed by atoms with Crippen molar-refractivity contribution >= 4 is 0 Å². The molecule has 1 unspecified atom stereocenters. The Bertz CT molecular complexity index is 159. The third kappa shape index (κ3) is 15.9. The summed E-state index contributed by atoms with van der Waals surface area (Å²) in [5.41, 5.74) is 6.04. The molecule has 0 aliphatic rings. The molecule has 19 heavy (non-hydrogen) atoms. The molecule has 1 atom stereocenters. The Labute approximate surface area is 121 Å². The normalized spacial score (nSPS) is 12.8. The maximum atomic E-state index is 6.04. The monoisotopic (exact) mass is 270 g/mol. The van der Waals surface area contributed by atoms with E-state index in [9.17, 15) is 0 Å². The zero-order chi connectivity index (χ0) is 14.2. The lowest BCUT2D eigenvalue weighted by Gasteiger charge is -2.13. The summed E-state index contributed by atoms with van der Waals surface area (Å²) in [5.74, 6) is 0. The predicted molar refractivity (Wildman–Crippen MR) is 87.3 cm³/mol. The number of hydrogen-bond acceptors (Lipinski definition) is 2. The third-order valence-corrected chi connectivity index (χ3v) is 3.81. The van der Waals surface area contributed by atoms with Crippen molar-refractivity contribution in [3.63, 3.8) is 0 Å². The van der Waals surface area contributed by atoms with Crippen LogP contribution in [0.2, 0.25) is 0 Å². The smallest absolute Gasteiger partial charge is 0.0546 e. The largest absolute Gasteiger partial charge is 0.316 e. The molecule has 0 aliphatic heterocycles. The minimum atomic E-state index is 0.224. The first kappa shape index (κ1) is 18.9. The van der Waals surface area contributed by atoms with Crippen LogP contribution in [-0.4, -0.2) is 12.7 Å². The van der Waals surface area contributed by atoms with E-state index in [0.717, 1.165) is 13.0 Å². The van der Waals surface area contributed by atoms with Gasteiger partial charge in [-0.25, -0.2) is 0 Å². The van der Waals surface area contributed by atoms with E-state index >= 15 is 0 Å². The van der Waals surface area contributed by atoms with Crippen molar-refractivity contribution in [3.05, 3.63) is 0 Å². The number of hydrogen-bond donors (Lipinski definition) is 2. The van der Waals surface area contributed by atoms with Crippen LogP contribution in [0, 0.1) is 0 Å². The van der Waals surface area contributed by atoms with Crippen LogP contribution >= 0.6 is 0 Å². The molecule has 0 spiro atoms. The number of nitrogens with one attached hydrogen (secondary N) is 1. The Balaban J connectivity index is 3.07. The SMILES string of the molecule is CCCCCCCCCCCC(N)NCCCCC. The van der Waals surface area contributed by atoms with E-state index in [2.05, 4.69) is 19.2 Å². The van der Waals surface area contributed by atoms with Crippen LogP contribution in [0.4, 0.5) is 0 Å². The molecule has 0 fully saturated rings. The van der Waals surface area contributed by atoms with E-state index in [4.69, 9.17) is 5.73 Å². The second kappa shape index (κ2) is 16.0. The fraction of sp³-hybridized carbons (Fsp3) is 1.00. The van der Waals surface area contributed by atoms with Crippen molar-refractivity contribution in [2.75, 3.05) is 6.54 Å². The highest BCUT2D eigenvalue weighted by Crippen LogP contribution is 2.10. The van der Waals surface area contributed by atoms with Gasteiger partial charge < -0.3 is 11.1 Å². The topological polar surface area (TPSA) is 38.0 Å². The van der Waals surface area contributed by atoms with Gasteiger partial charge in [0.2, 0.25) is 0 Å². The van der Waals surface area contributed by atoms with Gasteiger partial charge in [0.25, 0.3) is 0 Å². The number of unbranched alkanes of at least 4 members (excludes halogenated alkanes) is 10. The first-order valence-electron chi connectivity index (χ1n) is 8.80. The van der Waals surface area contributed by atoms with E-state index in [1.807, 2.05) is 0 Å². The molecule has 2 heteroatoms. The molecular formula is C17H38N2. The van der Waals surface area contributed by atoms with Gasteiger partial charge in [0.05, 0.1) is 6.17 Å². The van der Waals surface area contributed by atoms with Crippen molar-refractivity contribution in [2.24, 2.45) is 5.73 Å². The van der Waals surface area contributed by atoms with E-state index in [0.29, 0.717) is 0 Å². The van der Waals surface area contributed by atoms with E-state index in [-0.39, 0.29) is 6.17 Å². The number of rotatable bonds is 15. The van der Waals surface area contributed by atoms with Gasteiger partial charge in [0.15, 0.2) is 0 Å². The standard InChI is InChI=1S/C17H38N2/c1-3-5-7-8-9-10-11-12-13-15-17(18)19-16-14-6-4-2/h17,19H,3-16,18H2,1-2H3. The minimum absolute atomic E-state index is 0.224. The lowest BCUT2D eigenvalue weighted by atomic mass is 10.1. The lowest BCUT2D eigenvalue weighted by Crippen LogP contribution is -2.37. The van der Waals surface area contributed by atoms with Crippen LogP contribution < -0.4 is 11.1 Å². The van der Waals surface area contributed by atoms with Crippen LogP contribution in [0.1, 0.15) is 97.3 Å². The molecule has 0 bridgehead atoms. The third-order valence-electron chi connectivity index (χ3n) is 3.81. The van der Waals surface area contributed by atoms with Gasteiger partial charge in [-0.05, 0) is 19.4 Å². The summed E-state index contributed by atoms with van der Waals surface area (Å²) >= 11 is 0. The predicted octanol–water partition coefficient (Wildman–Crippen LogP) is 4.97. The molecular weight excluding hydrogens is 232 g/mol. The summed E-state index contributed by atoms with van der Waals surface area (Å²) in [5, 5.41) is 3.42. The maximum absolute atomic E-state index is 6.04. The molecule has 0 aromatic carbocycles. The first-order valence-corrected chi connectivity index (χ1v) is 8.80. The Morgan fingerprint density at radius 2 is 1.16 bits per heavy atom. The van der Waals surface area contributed by atoms with E-state index < -0.39 is 0 Å². The summed E-state index contributed by atoms with van der Waals surface area (Å²) in [6.45, 7) is 5.61. The Kier molecular flexibility index (Phi) is 15.9. The molecule has 0 rings (SSSR count). The Morgan fingerprint density at radius 1 is 0.684 bits per heavy atom. The Hall–Kier alpha value is -0.0800. The molecule has 0 saturated heterocycles. The highest BCUT2D eigenvalue weighted by molar-refractivity contribution is 4.59. The highest BCUT2D eigenvalue weighted by atomic mass is 15.0. The Morgan fingerprint density at radius 3 is 1.74 bits per heavy atom. The highest BCUT2D eigenvalue weighted by Gasteiger charge is 2.00. The second-order valence-corrected chi connectivity index (χ2v) is 5.88. The van der Waals surface area contributed by atoms with Crippen molar-refractivity contribution in [1.82, 2.24) is 5.32 Å². The van der Waals surface area contributed by atoms with Gasteiger partial charge in [-0.15, -0.1) is 0 Å². The number of nitrogens with two attached hydrogens (primary N) is 1. The minimum Gasteiger partial charge on any atom is -0.316 e. The lowest BCUT2D eigenvalue weighted by molar-refractivity contribution is 0.454. The maximum Gasteiger partial charge on any atom is 0.0546 e. The fourth-order valence-corrected chi connectivity index (χ4v) is 2.44. The molecule has 0 saturated carbocycles. The summed E-state index contributed by atoms with van der Waals surface area (Å²) in [7, 11) is 0. The first-order chi connectivity index (χ1) is 9.31. The van der Waals surface area contributed by atoms with Crippen LogP contribution in [0.5, 0.6) is 0 Å². The van der Waals surface area contributed by atoms with Crippen molar-refractivity contribution in [1.29, 1.82) is 0 Å². The summed E-state index contributed by atoms with van der Waals surface area (Å²) < 4.78 is 0. The van der Waals surface area contributed by atoms with Crippen molar-refractivity contribution in [3.8, 4) is 0 Å². The zero-order valence-corrected chi connectivity index (χ0v) is 13.6. The van der Waals surface area contributed by atoms with Crippen LogP contribution in [0.3, 0.4) is 0 Å². The van der Waals surface area contributed by atoms with E-state index in [1.165, 1.54) is 77.0 Å². The molecule has 2 nitrogen and oxygen atoms in total. The van der Waals surface area contributed by atoms with Crippen LogP contribution in [0.15, 0.2) is 0 Å². The molecule has 0 aromatic rings. The van der Waals surface area contributed by atoms with Gasteiger partial charge in [-0.2, -0.15) is 0 Å². The van der Waals surface area contributed by atoms with E-state index in [1.54, 1.807) is 0 Å². The fourth-order valence-electron chi connectivity index (χ4n) is 2.44.